The van der Waals surface area contributed by atoms with Crippen LogP contribution in [-0.4, -0.2) is 0 Å². The summed E-state index contributed by atoms with van der Waals surface area (Å²) in [6.45, 7) is 0. The highest BCUT2D eigenvalue weighted by Gasteiger charge is 2.17. The van der Waals surface area contributed by atoms with Crippen molar-refractivity contribution in [3.8, 4) is 0 Å². The van der Waals surface area contributed by atoms with Crippen LogP contribution in [0.2, 0.25) is 0 Å². The van der Waals surface area contributed by atoms with E-state index in [4.69, 9.17) is 5.73 Å². The Bertz CT molecular complexity index is 317. The molecule has 1 atom stereocenters. The highest BCUT2D eigenvalue weighted by Crippen LogP contribution is 2.33. The molecule has 1 unspecified atom stereocenters. The first-order valence-corrected chi connectivity index (χ1v) is 7.93. The molecular formula is C13H20BrNS. The van der Waals surface area contributed by atoms with E-state index < -0.39 is 0 Å². The fourth-order valence-corrected chi connectivity index (χ4v) is 4.30. The van der Waals surface area contributed by atoms with Crippen LogP contribution in [0.3, 0.4) is 0 Å². The molecule has 0 radical (unpaired) electrons. The first kappa shape index (κ1) is 12.6. The van der Waals surface area contributed by atoms with Gasteiger partial charge in [-0.1, -0.05) is 32.1 Å². The van der Waals surface area contributed by atoms with Crippen molar-refractivity contribution < 1.29 is 0 Å². The summed E-state index contributed by atoms with van der Waals surface area (Å²) in [7, 11) is 0. The van der Waals surface area contributed by atoms with Crippen molar-refractivity contribution in [3.63, 3.8) is 0 Å². The minimum atomic E-state index is 0.233. The van der Waals surface area contributed by atoms with E-state index >= 15 is 0 Å². The van der Waals surface area contributed by atoms with Gasteiger partial charge in [0.15, 0.2) is 0 Å². The Labute approximate surface area is 111 Å². The van der Waals surface area contributed by atoms with Gasteiger partial charge in [-0.15, -0.1) is 11.3 Å². The van der Waals surface area contributed by atoms with Gasteiger partial charge in [0.05, 0.1) is 0 Å². The van der Waals surface area contributed by atoms with Gasteiger partial charge < -0.3 is 5.73 Å². The van der Waals surface area contributed by atoms with Gasteiger partial charge in [0.1, 0.15) is 0 Å². The summed E-state index contributed by atoms with van der Waals surface area (Å²) in [4.78, 5) is 1.32. The summed E-state index contributed by atoms with van der Waals surface area (Å²) in [5.74, 6) is 0.943. The zero-order valence-electron chi connectivity index (χ0n) is 9.62. The second-order valence-electron chi connectivity index (χ2n) is 4.82. The molecule has 1 saturated carbocycles. The Morgan fingerprint density at radius 2 is 2.12 bits per heavy atom. The van der Waals surface area contributed by atoms with Gasteiger partial charge in [0.25, 0.3) is 0 Å². The van der Waals surface area contributed by atoms with Crippen LogP contribution in [0.5, 0.6) is 0 Å². The van der Waals surface area contributed by atoms with Crippen LogP contribution in [-0.2, 0) is 0 Å². The van der Waals surface area contributed by atoms with Crippen LogP contribution in [0.1, 0.15) is 55.9 Å². The third-order valence-electron chi connectivity index (χ3n) is 3.59. The summed E-state index contributed by atoms with van der Waals surface area (Å²) < 4.78 is 1.19. The van der Waals surface area contributed by atoms with E-state index in [1.165, 1.54) is 47.9 Å². The third-order valence-corrected chi connectivity index (χ3v) is 5.59. The van der Waals surface area contributed by atoms with Crippen LogP contribution < -0.4 is 5.73 Å². The van der Waals surface area contributed by atoms with Crippen LogP contribution in [0.15, 0.2) is 15.9 Å². The molecule has 1 heterocycles. The molecule has 1 aliphatic carbocycles. The molecule has 0 aromatic carbocycles. The van der Waals surface area contributed by atoms with E-state index in [0.717, 1.165) is 12.3 Å². The lowest BCUT2D eigenvalue weighted by Gasteiger charge is -2.22. The lowest BCUT2D eigenvalue weighted by molar-refractivity contribution is 0.324. The third kappa shape index (κ3) is 3.31. The summed E-state index contributed by atoms with van der Waals surface area (Å²) >= 11 is 5.34. The van der Waals surface area contributed by atoms with E-state index in [9.17, 15) is 0 Å². The first-order valence-electron chi connectivity index (χ1n) is 6.26. The molecule has 3 heteroatoms. The highest BCUT2D eigenvalue weighted by atomic mass is 79.9. The largest absolute Gasteiger partial charge is 0.323 e. The fraction of sp³-hybridized carbons (Fsp3) is 0.692. The maximum absolute atomic E-state index is 6.24. The molecule has 0 bridgehead atoms. The smallest absolute Gasteiger partial charge is 0.0401 e. The van der Waals surface area contributed by atoms with Crippen molar-refractivity contribution in [2.24, 2.45) is 11.7 Å². The number of rotatable bonds is 4. The summed E-state index contributed by atoms with van der Waals surface area (Å²) in [5, 5.41) is 2.11. The quantitative estimate of drug-likeness (QED) is 0.843. The maximum Gasteiger partial charge on any atom is 0.0401 e. The van der Waals surface area contributed by atoms with Crippen molar-refractivity contribution in [1.29, 1.82) is 0 Å². The number of halogens is 1. The fourth-order valence-electron chi connectivity index (χ4n) is 2.59. The molecule has 1 aromatic rings. The summed E-state index contributed by atoms with van der Waals surface area (Å²) in [5.41, 5.74) is 6.24. The zero-order valence-corrected chi connectivity index (χ0v) is 12.0. The van der Waals surface area contributed by atoms with Gasteiger partial charge >= 0.3 is 0 Å². The molecule has 1 aliphatic rings. The second-order valence-corrected chi connectivity index (χ2v) is 6.62. The van der Waals surface area contributed by atoms with Crippen molar-refractivity contribution >= 4 is 27.3 Å². The average Bonchev–Trinajstić information content (AvgIpc) is 2.74. The molecule has 16 heavy (non-hydrogen) atoms. The number of hydrogen-bond donors (Lipinski definition) is 1. The number of hydrogen-bond acceptors (Lipinski definition) is 2. The predicted octanol–water partition coefficient (Wildman–Crippen LogP) is 4.87. The van der Waals surface area contributed by atoms with E-state index in [1.54, 1.807) is 11.3 Å². The van der Waals surface area contributed by atoms with E-state index in [0.29, 0.717) is 0 Å². The van der Waals surface area contributed by atoms with Crippen molar-refractivity contribution in [3.05, 3.63) is 20.8 Å². The van der Waals surface area contributed by atoms with Crippen LogP contribution in [0.25, 0.3) is 0 Å². The monoisotopic (exact) mass is 301 g/mol. The van der Waals surface area contributed by atoms with Gasteiger partial charge in [-0.3, -0.25) is 0 Å². The second kappa shape index (κ2) is 6.18. The highest BCUT2D eigenvalue weighted by molar-refractivity contribution is 9.10. The number of thiophene rings is 1. The van der Waals surface area contributed by atoms with E-state index in [2.05, 4.69) is 27.4 Å². The molecule has 1 aromatic heterocycles. The molecule has 1 nitrogen and oxygen atoms in total. The summed E-state index contributed by atoms with van der Waals surface area (Å²) in [6, 6.07) is 2.33. The molecule has 2 rings (SSSR count). The van der Waals surface area contributed by atoms with Gasteiger partial charge in [0, 0.05) is 15.4 Å². The Kier molecular flexibility index (Phi) is 4.86. The Morgan fingerprint density at radius 1 is 1.38 bits per heavy atom. The molecule has 2 N–H and O–H groups in total. The van der Waals surface area contributed by atoms with Crippen LogP contribution >= 0.6 is 27.3 Å². The molecule has 90 valence electrons. The molecule has 0 saturated heterocycles. The van der Waals surface area contributed by atoms with Crippen molar-refractivity contribution in [2.45, 2.75) is 51.0 Å². The lowest BCUT2D eigenvalue weighted by atomic mass is 9.85. The Balaban J connectivity index is 1.79. The SMILES string of the molecule is NC(CCC1CCCCC1)c1sccc1Br. The van der Waals surface area contributed by atoms with Gasteiger partial charge in [-0.05, 0) is 46.1 Å². The van der Waals surface area contributed by atoms with Gasteiger partial charge in [0.2, 0.25) is 0 Å². The average molecular weight is 302 g/mol. The van der Waals surface area contributed by atoms with Gasteiger partial charge in [-0.25, -0.2) is 0 Å². The van der Waals surface area contributed by atoms with E-state index in [1.807, 2.05) is 0 Å². The molecule has 0 spiro atoms. The van der Waals surface area contributed by atoms with E-state index in [-0.39, 0.29) is 6.04 Å². The molecular weight excluding hydrogens is 282 g/mol. The molecule has 1 fully saturated rings. The van der Waals surface area contributed by atoms with Crippen LogP contribution in [0, 0.1) is 5.92 Å². The van der Waals surface area contributed by atoms with Crippen molar-refractivity contribution in [1.82, 2.24) is 0 Å². The molecule has 0 amide bonds. The minimum absolute atomic E-state index is 0.233. The topological polar surface area (TPSA) is 26.0 Å². The molecule has 0 aliphatic heterocycles. The zero-order chi connectivity index (χ0) is 11.4. The minimum Gasteiger partial charge on any atom is -0.323 e. The first-order chi connectivity index (χ1) is 7.77. The van der Waals surface area contributed by atoms with Gasteiger partial charge in [-0.2, -0.15) is 0 Å². The predicted molar refractivity (Wildman–Crippen MR) is 74.8 cm³/mol. The standard InChI is InChI=1S/C13H20BrNS/c14-11-8-9-16-13(11)12(15)7-6-10-4-2-1-3-5-10/h8-10,12H,1-7,15H2. The number of nitrogens with two attached hydrogens (primary N) is 1. The summed E-state index contributed by atoms with van der Waals surface area (Å²) in [6.07, 6.45) is 9.62. The lowest BCUT2D eigenvalue weighted by Crippen LogP contribution is -2.13. The Hall–Kier alpha value is 0.140. The normalized spacial score (nSPS) is 19.9. The van der Waals surface area contributed by atoms with Crippen LogP contribution in [0.4, 0.5) is 0 Å². The maximum atomic E-state index is 6.24. The van der Waals surface area contributed by atoms with Crippen molar-refractivity contribution in [2.75, 3.05) is 0 Å². The Morgan fingerprint density at radius 3 is 2.75 bits per heavy atom.